The summed E-state index contributed by atoms with van der Waals surface area (Å²) in [7, 11) is 0. The highest BCUT2D eigenvalue weighted by atomic mass is 32.1. The van der Waals surface area contributed by atoms with Gasteiger partial charge in [-0.1, -0.05) is 25.3 Å². The van der Waals surface area contributed by atoms with Crippen LogP contribution < -0.4 is 0 Å². The van der Waals surface area contributed by atoms with Crippen LogP contribution in [0.1, 0.15) is 30.1 Å². The van der Waals surface area contributed by atoms with Gasteiger partial charge in [0.1, 0.15) is 11.5 Å². The summed E-state index contributed by atoms with van der Waals surface area (Å²) < 4.78 is 1.22. The molecule has 0 unspecified atom stereocenters. The Morgan fingerprint density at radius 2 is 2.17 bits per heavy atom. The first-order valence-corrected chi connectivity index (χ1v) is 9.28. The number of benzene rings is 1. The smallest absolute Gasteiger partial charge is 0.141 e. The third-order valence-corrected chi connectivity index (χ3v) is 5.92. The van der Waals surface area contributed by atoms with Crippen LogP contribution in [0, 0.1) is 12.8 Å². The summed E-state index contributed by atoms with van der Waals surface area (Å²) in [6.45, 7) is 2.05. The molecule has 0 atom stereocenters. The third-order valence-electron chi connectivity index (χ3n) is 4.98. The molecule has 4 aromatic rings. The van der Waals surface area contributed by atoms with Crippen molar-refractivity contribution in [3.63, 3.8) is 0 Å². The van der Waals surface area contributed by atoms with Gasteiger partial charge in [-0.3, -0.25) is 0 Å². The van der Waals surface area contributed by atoms with Crippen molar-refractivity contribution in [2.24, 2.45) is 5.92 Å². The number of aryl methyl sites for hydroxylation is 1. The van der Waals surface area contributed by atoms with Crippen LogP contribution in [0.5, 0.6) is 0 Å². The SMILES string of the molecule is Cc1nc2ccc(-c3c[nH]c4nc(CC5CCC5)ncc34)cc2s1. The molecule has 1 N–H and O–H groups in total. The van der Waals surface area contributed by atoms with Crippen LogP contribution in [-0.4, -0.2) is 19.9 Å². The van der Waals surface area contributed by atoms with Gasteiger partial charge >= 0.3 is 0 Å². The van der Waals surface area contributed by atoms with Crippen LogP contribution >= 0.6 is 11.3 Å². The molecule has 5 heteroatoms. The van der Waals surface area contributed by atoms with Gasteiger partial charge < -0.3 is 4.98 Å². The lowest BCUT2D eigenvalue weighted by Crippen LogP contribution is -2.15. The Bertz CT molecular complexity index is 1040. The van der Waals surface area contributed by atoms with E-state index in [0.29, 0.717) is 0 Å². The van der Waals surface area contributed by atoms with Crippen LogP contribution in [0.3, 0.4) is 0 Å². The van der Waals surface area contributed by atoms with E-state index in [4.69, 9.17) is 4.98 Å². The molecule has 3 heterocycles. The van der Waals surface area contributed by atoms with Gasteiger partial charge in [-0.2, -0.15) is 0 Å². The highest BCUT2D eigenvalue weighted by Gasteiger charge is 2.19. The third kappa shape index (κ3) is 2.31. The number of hydrogen-bond donors (Lipinski definition) is 1. The van der Waals surface area contributed by atoms with Crippen LogP contribution in [0.4, 0.5) is 0 Å². The van der Waals surface area contributed by atoms with Gasteiger partial charge in [0, 0.05) is 29.8 Å². The van der Waals surface area contributed by atoms with Crippen LogP contribution in [0.15, 0.2) is 30.6 Å². The standard InChI is InChI=1S/C19H18N4S/c1-11-22-16-6-5-13(8-17(16)24-11)14-9-21-19-15(14)10-20-18(23-19)7-12-3-2-4-12/h5-6,8-10,12H,2-4,7H2,1H3,(H,20,21,23). The molecule has 0 aliphatic heterocycles. The van der Waals surface area contributed by atoms with E-state index in [1.165, 1.54) is 29.5 Å². The zero-order chi connectivity index (χ0) is 16.1. The number of rotatable bonds is 3. The van der Waals surface area contributed by atoms with Gasteiger partial charge in [0.2, 0.25) is 0 Å². The maximum atomic E-state index is 4.73. The average molecular weight is 334 g/mol. The quantitative estimate of drug-likeness (QED) is 0.580. The Morgan fingerprint density at radius 1 is 1.25 bits per heavy atom. The number of hydrogen-bond acceptors (Lipinski definition) is 4. The number of fused-ring (bicyclic) bond motifs is 2. The predicted molar refractivity (Wildman–Crippen MR) is 98.3 cm³/mol. The van der Waals surface area contributed by atoms with Crippen molar-refractivity contribution < 1.29 is 0 Å². The van der Waals surface area contributed by atoms with E-state index in [1.807, 2.05) is 19.3 Å². The predicted octanol–water partition coefficient (Wildman–Crippen LogP) is 4.89. The molecule has 1 aliphatic rings. The lowest BCUT2D eigenvalue weighted by atomic mass is 9.83. The van der Waals surface area contributed by atoms with Crippen molar-refractivity contribution in [3.8, 4) is 11.1 Å². The molecule has 1 aromatic carbocycles. The van der Waals surface area contributed by atoms with Crippen LogP contribution in [0.2, 0.25) is 0 Å². The highest BCUT2D eigenvalue weighted by Crippen LogP contribution is 2.33. The van der Waals surface area contributed by atoms with Gasteiger partial charge in [-0.15, -0.1) is 11.3 Å². The summed E-state index contributed by atoms with van der Waals surface area (Å²) in [5, 5.41) is 2.19. The number of thiazole rings is 1. The van der Waals surface area contributed by atoms with E-state index >= 15 is 0 Å². The van der Waals surface area contributed by atoms with Crippen molar-refractivity contribution in [1.82, 2.24) is 19.9 Å². The van der Waals surface area contributed by atoms with Gasteiger partial charge in [0.05, 0.1) is 15.2 Å². The van der Waals surface area contributed by atoms with Gasteiger partial charge in [-0.25, -0.2) is 15.0 Å². The summed E-state index contributed by atoms with van der Waals surface area (Å²) in [6.07, 6.45) is 9.04. The molecule has 3 aromatic heterocycles. The molecule has 24 heavy (non-hydrogen) atoms. The Balaban J connectivity index is 1.55. The van der Waals surface area contributed by atoms with Gasteiger partial charge in [0.15, 0.2) is 0 Å². The molecule has 1 fully saturated rings. The zero-order valence-electron chi connectivity index (χ0n) is 13.5. The molecule has 4 nitrogen and oxygen atoms in total. The van der Waals surface area contributed by atoms with E-state index < -0.39 is 0 Å². The van der Waals surface area contributed by atoms with Crippen molar-refractivity contribution in [3.05, 3.63) is 41.4 Å². The molecule has 0 saturated heterocycles. The van der Waals surface area contributed by atoms with Crippen molar-refractivity contribution in [1.29, 1.82) is 0 Å². The first-order valence-electron chi connectivity index (χ1n) is 8.47. The van der Waals surface area contributed by atoms with E-state index in [0.717, 1.165) is 45.3 Å². The molecule has 1 saturated carbocycles. The van der Waals surface area contributed by atoms with E-state index in [-0.39, 0.29) is 0 Å². The number of nitrogens with zero attached hydrogens (tertiary/aromatic N) is 3. The summed E-state index contributed by atoms with van der Waals surface area (Å²) in [6, 6.07) is 6.44. The van der Waals surface area contributed by atoms with Crippen LogP contribution in [-0.2, 0) is 6.42 Å². The Morgan fingerprint density at radius 3 is 3.00 bits per heavy atom. The fourth-order valence-corrected chi connectivity index (χ4v) is 4.31. The maximum absolute atomic E-state index is 4.73. The van der Waals surface area contributed by atoms with Crippen molar-refractivity contribution in [2.45, 2.75) is 32.6 Å². The summed E-state index contributed by atoms with van der Waals surface area (Å²) in [5.74, 6) is 1.75. The molecule has 0 amide bonds. The first kappa shape index (κ1) is 14.1. The van der Waals surface area contributed by atoms with E-state index in [9.17, 15) is 0 Å². The summed E-state index contributed by atoms with van der Waals surface area (Å²) >= 11 is 1.73. The van der Waals surface area contributed by atoms with Gasteiger partial charge in [0.25, 0.3) is 0 Å². The Kier molecular flexibility index (Phi) is 3.16. The topological polar surface area (TPSA) is 54.5 Å². The van der Waals surface area contributed by atoms with Crippen molar-refractivity contribution >= 4 is 32.6 Å². The normalized spacial score (nSPS) is 15.2. The van der Waals surface area contributed by atoms with E-state index in [1.54, 1.807) is 11.3 Å². The lowest BCUT2D eigenvalue weighted by molar-refractivity contribution is 0.309. The number of aromatic amines is 1. The second kappa shape index (κ2) is 5.38. The Hall–Kier alpha value is -2.27. The van der Waals surface area contributed by atoms with Gasteiger partial charge in [-0.05, 0) is 30.5 Å². The molecular formula is C19H18N4S. The molecular weight excluding hydrogens is 316 g/mol. The number of aromatic nitrogens is 4. The van der Waals surface area contributed by atoms with Crippen LogP contribution in [0.25, 0.3) is 32.4 Å². The van der Waals surface area contributed by atoms with E-state index in [2.05, 4.69) is 33.2 Å². The average Bonchev–Trinajstić information content (AvgIpc) is 3.11. The largest absolute Gasteiger partial charge is 0.345 e. The fraction of sp³-hybridized carbons (Fsp3) is 0.316. The number of H-pyrrole nitrogens is 1. The second-order valence-electron chi connectivity index (χ2n) is 6.67. The zero-order valence-corrected chi connectivity index (χ0v) is 14.4. The second-order valence-corrected chi connectivity index (χ2v) is 7.90. The van der Waals surface area contributed by atoms with Crippen molar-refractivity contribution in [2.75, 3.05) is 0 Å². The first-order chi connectivity index (χ1) is 11.8. The monoisotopic (exact) mass is 334 g/mol. The molecule has 120 valence electrons. The highest BCUT2D eigenvalue weighted by molar-refractivity contribution is 7.18. The summed E-state index contributed by atoms with van der Waals surface area (Å²) in [4.78, 5) is 17.2. The molecule has 0 bridgehead atoms. The Labute approximate surface area is 144 Å². The fourth-order valence-electron chi connectivity index (χ4n) is 3.44. The lowest BCUT2D eigenvalue weighted by Gasteiger charge is -2.24. The number of nitrogens with one attached hydrogen (secondary N) is 1. The summed E-state index contributed by atoms with van der Waals surface area (Å²) in [5.41, 5.74) is 4.36. The molecule has 1 aliphatic carbocycles. The molecule has 5 rings (SSSR count). The molecule has 0 radical (unpaired) electrons. The minimum Gasteiger partial charge on any atom is -0.345 e. The minimum absolute atomic E-state index is 0.786. The maximum Gasteiger partial charge on any atom is 0.141 e. The minimum atomic E-state index is 0.786. The molecule has 0 spiro atoms.